The summed E-state index contributed by atoms with van der Waals surface area (Å²) in [5.41, 5.74) is 1.87. The van der Waals surface area contributed by atoms with Crippen LogP contribution in [0.25, 0.3) is 0 Å². The number of ether oxygens (including phenoxy) is 1. The number of methoxy groups -OCH3 is 1. The average Bonchev–Trinajstić information content (AvgIpc) is 3.19. The lowest BCUT2D eigenvalue weighted by molar-refractivity contribution is -0.125. The van der Waals surface area contributed by atoms with Gasteiger partial charge in [0.1, 0.15) is 0 Å². The lowest BCUT2D eigenvalue weighted by Gasteiger charge is -2.06. The largest absolute Gasteiger partial charge is 0.383 e. The molecule has 2 rings (SSSR count). The Hall–Kier alpha value is -1.88. The molecule has 0 saturated heterocycles. The van der Waals surface area contributed by atoms with Gasteiger partial charge in [0.05, 0.1) is 18.4 Å². The van der Waals surface area contributed by atoms with E-state index >= 15 is 0 Å². The zero-order valence-electron chi connectivity index (χ0n) is 11.8. The van der Waals surface area contributed by atoms with Gasteiger partial charge in [-0.1, -0.05) is 12.1 Å². The van der Waals surface area contributed by atoms with Gasteiger partial charge in [0.15, 0.2) is 0 Å². The third-order valence-electron chi connectivity index (χ3n) is 3.36. The second kappa shape index (κ2) is 6.52. The predicted octanol–water partition coefficient (Wildman–Crippen LogP) is 1.33. The molecular formula is C15H20N2O3. The molecule has 2 amide bonds. The lowest BCUT2D eigenvalue weighted by atomic mass is 10.2. The molecule has 1 fully saturated rings. The fourth-order valence-electron chi connectivity index (χ4n) is 2.14. The van der Waals surface area contributed by atoms with Crippen LogP contribution in [0.1, 0.15) is 12.0 Å². The number of aryl methyl sites for hydroxylation is 1. The molecule has 0 radical (unpaired) electrons. The predicted molar refractivity (Wildman–Crippen MR) is 76.3 cm³/mol. The third-order valence-corrected chi connectivity index (χ3v) is 3.36. The fourth-order valence-corrected chi connectivity index (χ4v) is 2.14. The van der Waals surface area contributed by atoms with Gasteiger partial charge in [0, 0.05) is 19.3 Å². The van der Waals surface area contributed by atoms with Crippen LogP contribution >= 0.6 is 0 Å². The summed E-state index contributed by atoms with van der Waals surface area (Å²) >= 11 is 0. The monoisotopic (exact) mass is 276 g/mol. The van der Waals surface area contributed by atoms with E-state index in [1.54, 1.807) is 7.11 Å². The number of amides is 2. The molecule has 2 atom stereocenters. The number of carbonyl (C=O) groups is 2. The highest BCUT2D eigenvalue weighted by atomic mass is 16.5. The first-order valence-electron chi connectivity index (χ1n) is 6.76. The van der Waals surface area contributed by atoms with E-state index in [1.165, 1.54) is 0 Å². The van der Waals surface area contributed by atoms with Crippen LogP contribution in [-0.4, -0.2) is 32.1 Å². The minimum Gasteiger partial charge on any atom is -0.383 e. The van der Waals surface area contributed by atoms with Gasteiger partial charge in [-0.15, -0.1) is 0 Å². The van der Waals surface area contributed by atoms with E-state index in [2.05, 4.69) is 10.6 Å². The molecule has 1 aliphatic rings. The average molecular weight is 276 g/mol. The van der Waals surface area contributed by atoms with Crippen molar-refractivity contribution in [2.45, 2.75) is 13.3 Å². The van der Waals surface area contributed by atoms with Crippen molar-refractivity contribution in [1.29, 1.82) is 0 Å². The number of nitrogens with one attached hydrogen (secondary N) is 2. The minimum atomic E-state index is -0.210. The molecule has 2 unspecified atom stereocenters. The normalized spacial score (nSPS) is 20.3. The van der Waals surface area contributed by atoms with Crippen LogP contribution in [-0.2, 0) is 14.3 Å². The van der Waals surface area contributed by atoms with Gasteiger partial charge in [-0.2, -0.15) is 0 Å². The molecule has 0 heterocycles. The van der Waals surface area contributed by atoms with Crippen LogP contribution in [0, 0.1) is 18.8 Å². The molecule has 1 aromatic carbocycles. The Morgan fingerprint density at radius 3 is 2.75 bits per heavy atom. The van der Waals surface area contributed by atoms with E-state index in [0.717, 1.165) is 11.3 Å². The van der Waals surface area contributed by atoms with Crippen LogP contribution in [0.2, 0.25) is 0 Å². The Morgan fingerprint density at radius 2 is 2.05 bits per heavy atom. The van der Waals surface area contributed by atoms with E-state index < -0.39 is 0 Å². The summed E-state index contributed by atoms with van der Waals surface area (Å²) in [6, 6.07) is 7.63. The quantitative estimate of drug-likeness (QED) is 0.770. The zero-order chi connectivity index (χ0) is 14.5. The van der Waals surface area contributed by atoms with Crippen LogP contribution in [0.4, 0.5) is 5.69 Å². The van der Waals surface area contributed by atoms with Gasteiger partial charge in [0.25, 0.3) is 0 Å². The second-order valence-corrected chi connectivity index (χ2v) is 5.09. The summed E-state index contributed by atoms with van der Waals surface area (Å²) in [5, 5.41) is 5.61. The van der Waals surface area contributed by atoms with Gasteiger partial charge in [-0.05, 0) is 31.0 Å². The summed E-state index contributed by atoms with van der Waals surface area (Å²) in [7, 11) is 1.58. The van der Waals surface area contributed by atoms with Crippen molar-refractivity contribution in [3.63, 3.8) is 0 Å². The van der Waals surface area contributed by atoms with Crippen LogP contribution in [0.15, 0.2) is 24.3 Å². The first-order valence-corrected chi connectivity index (χ1v) is 6.76. The molecule has 0 aromatic heterocycles. The second-order valence-electron chi connectivity index (χ2n) is 5.09. The van der Waals surface area contributed by atoms with E-state index in [4.69, 9.17) is 4.74 Å². The Kier molecular flexibility index (Phi) is 4.74. The molecule has 0 bridgehead atoms. The van der Waals surface area contributed by atoms with Gasteiger partial charge in [0.2, 0.25) is 11.8 Å². The number of carbonyl (C=O) groups excluding carboxylic acids is 2. The lowest BCUT2D eigenvalue weighted by Crippen LogP contribution is -2.30. The number of rotatable bonds is 6. The molecule has 1 saturated carbocycles. The molecule has 108 valence electrons. The highest BCUT2D eigenvalue weighted by Crippen LogP contribution is 2.39. The first kappa shape index (κ1) is 14.5. The Labute approximate surface area is 118 Å². The standard InChI is InChI=1S/C15H20N2O3/c1-10-4-3-5-11(8-10)17-15(19)13-9-12(13)14(18)16-6-7-20-2/h3-5,8,12-13H,6-7,9H2,1-2H3,(H,16,18)(H,17,19). The maximum absolute atomic E-state index is 12.0. The summed E-state index contributed by atoms with van der Waals surface area (Å²) < 4.78 is 4.86. The van der Waals surface area contributed by atoms with Crippen LogP contribution in [0.3, 0.4) is 0 Å². The van der Waals surface area contributed by atoms with Crippen molar-refractivity contribution < 1.29 is 14.3 Å². The van der Waals surface area contributed by atoms with E-state index in [0.29, 0.717) is 19.6 Å². The molecule has 5 heteroatoms. The maximum atomic E-state index is 12.0. The van der Waals surface area contributed by atoms with Gasteiger partial charge < -0.3 is 15.4 Å². The van der Waals surface area contributed by atoms with Crippen LogP contribution in [0.5, 0.6) is 0 Å². The smallest absolute Gasteiger partial charge is 0.228 e. The number of benzene rings is 1. The van der Waals surface area contributed by atoms with Gasteiger partial charge >= 0.3 is 0 Å². The van der Waals surface area contributed by atoms with Crippen molar-refractivity contribution in [2.75, 3.05) is 25.6 Å². The summed E-state index contributed by atoms with van der Waals surface area (Å²) in [4.78, 5) is 23.8. The molecule has 5 nitrogen and oxygen atoms in total. The van der Waals surface area contributed by atoms with Crippen molar-refractivity contribution >= 4 is 17.5 Å². The van der Waals surface area contributed by atoms with E-state index in [1.807, 2.05) is 31.2 Å². The van der Waals surface area contributed by atoms with Crippen molar-refractivity contribution in [2.24, 2.45) is 11.8 Å². The minimum absolute atomic E-state index is 0.0635. The Bertz CT molecular complexity index is 502. The first-order chi connectivity index (χ1) is 9.61. The molecule has 2 N–H and O–H groups in total. The fraction of sp³-hybridized carbons (Fsp3) is 0.467. The topological polar surface area (TPSA) is 67.4 Å². The van der Waals surface area contributed by atoms with E-state index in [9.17, 15) is 9.59 Å². The van der Waals surface area contributed by atoms with Crippen molar-refractivity contribution in [3.05, 3.63) is 29.8 Å². The molecule has 1 aromatic rings. The molecule has 1 aliphatic carbocycles. The summed E-state index contributed by atoms with van der Waals surface area (Å²) in [6.07, 6.45) is 0.621. The Morgan fingerprint density at radius 1 is 1.30 bits per heavy atom. The summed E-state index contributed by atoms with van der Waals surface area (Å²) in [5.74, 6) is -0.552. The molecule has 0 aliphatic heterocycles. The van der Waals surface area contributed by atoms with Gasteiger partial charge in [-0.25, -0.2) is 0 Å². The maximum Gasteiger partial charge on any atom is 0.228 e. The molecule has 20 heavy (non-hydrogen) atoms. The number of anilines is 1. The number of hydrogen-bond acceptors (Lipinski definition) is 3. The van der Waals surface area contributed by atoms with Crippen molar-refractivity contribution in [1.82, 2.24) is 5.32 Å². The highest BCUT2D eigenvalue weighted by molar-refractivity contribution is 5.99. The molecule has 0 spiro atoms. The number of hydrogen-bond donors (Lipinski definition) is 2. The summed E-state index contributed by atoms with van der Waals surface area (Å²) in [6.45, 7) is 2.94. The third kappa shape index (κ3) is 3.81. The Balaban J connectivity index is 1.79. The van der Waals surface area contributed by atoms with E-state index in [-0.39, 0.29) is 23.7 Å². The zero-order valence-corrected chi connectivity index (χ0v) is 11.8. The molecular weight excluding hydrogens is 256 g/mol. The van der Waals surface area contributed by atoms with Crippen molar-refractivity contribution in [3.8, 4) is 0 Å². The SMILES string of the molecule is COCCNC(=O)C1CC1C(=O)Nc1cccc(C)c1. The van der Waals surface area contributed by atoms with Gasteiger partial charge in [-0.3, -0.25) is 9.59 Å². The van der Waals surface area contributed by atoms with Crippen LogP contribution < -0.4 is 10.6 Å². The highest BCUT2D eigenvalue weighted by Gasteiger charge is 2.47.